The summed E-state index contributed by atoms with van der Waals surface area (Å²) in [5.74, 6) is 1.81. The van der Waals surface area contributed by atoms with Crippen molar-refractivity contribution in [3.05, 3.63) is 216 Å². The molecule has 6 nitrogen and oxygen atoms in total. The molecular formula is C56H37N5OS. The van der Waals surface area contributed by atoms with Gasteiger partial charge in [0.25, 0.3) is 0 Å². The van der Waals surface area contributed by atoms with Crippen LogP contribution < -0.4 is 0 Å². The largest absolute Gasteiger partial charge is 0.456 e. The van der Waals surface area contributed by atoms with Gasteiger partial charge in [-0.1, -0.05) is 164 Å². The van der Waals surface area contributed by atoms with Crippen LogP contribution in [0.4, 0.5) is 5.69 Å². The summed E-state index contributed by atoms with van der Waals surface area (Å²) < 4.78 is 7.64. The highest BCUT2D eigenvalue weighted by Gasteiger charge is 2.20. The molecule has 0 atom stereocenters. The molecule has 11 rings (SSSR count). The minimum absolute atomic E-state index is 0.470. The minimum atomic E-state index is 0.470. The van der Waals surface area contributed by atoms with Crippen LogP contribution in [0.3, 0.4) is 0 Å². The quantitative estimate of drug-likeness (QED) is 0.129. The van der Waals surface area contributed by atoms with E-state index in [1.807, 2.05) is 84.9 Å². The van der Waals surface area contributed by atoms with Gasteiger partial charge in [0.05, 0.1) is 22.8 Å². The molecule has 11 aromatic rings. The van der Waals surface area contributed by atoms with Crippen molar-refractivity contribution in [2.75, 3.05) is 0 Å². The SMILES string of the molecule is C=Nc1c(C(=NCc2cccc(-c3ccc4oc5cccc(-c6nc(-c7ccccc7)nc(-c7ccccc7)n6)c5c4c3)c2)c2cccc(-c3ccccc3)c2)sc2ccccc12. The lowest BCUT2D eigenvalue weighted by Gasteiger charge is -2.11. The van der Waals surface area contributed by atoms with E-state index in [9.17, 15) is 0 Å². The van der Waals surface area contributed by atoms with Crippen molar-refractivity contribution in [1.29, 1.82) is 0 Å². The monoisotopic (exact) mass is 827 g/mol. The second-order valence-corrected chi connectivity index (χ2v) is 16.3. The lowest BCUT2D eigenvalue weighted by molar-refractivity contribution is 0.669. The molecule has 0 N–H and O–H groups in total. The van der Waals surface area contributed by atoms with Crippen LogP contribution in [0.2, 0.25) is 0 Å². The molecule has 3 aromatic heterocycles. The molecule has 0 fully saturated rings. The Labute approximate surface area is 368 Å². The number of aliphatic imine (C=N–C) groups is 2. The zero-order valence-electron chi connectivity index (χ0n) is 34.0. The summed E-state index contributed by atoms with van der Waals surface area (Å²) in [6.07, 6.45) is 0. The van der Waals surface area contributed by atoms with Gasteiger partial charge in [-0.05, 0) is 70.9 Å². The first-order valence-electron chi connectivity index (χ1n) is 20.8. The van der Waals surface area contributed by atoms with E-state index in [0.29, 0.717) is 24.0 Å². The van der Waals surface area contributed by atoms with Crippen molar-refractivity contribution in [2.45, 2.75) is 6.54 Å². The van der Waals surface area contributed by atoms with E-state index in [1.54, 1.807) is 11.3 Å². The summed E-state index contributed by atoms with van der Waals surface area (Å²) in [6, 6.07) is 68.6. The number of nitrogens with zero attached hydrogens (tertiary/aromatic N) is 5. The predicted molar refractivity (Wildman–Crippen MR) is 261 cm³/mol. The summed E-state index contributed by atoms with van der Waals surface area (Å²) >= 11 is 1.70. The van der Waals surface area contributed by atoms with Gasteiger partial charge in [0.2, 0.25) is 0 Å². The van der Waals surface area contributed by atoms with Crippen LogP contribution in [0.5, 0.6) is 0 Å². The molecule has 0 bridgehead atoms. The number of hydrogen-bond acceptors (Lipinski definition) is 7. The number of furan rings is 1. The molecule has 298 valence electrons. The fraction of sp³-hybridized carbons (Fsp3) is 0.0179. The fourth-order valence-corrected chi connectivity index (χ4v) is 9.45. The Kier molecular flexibility index (Phi) is 9.84. The Morgan fingerprint density at radius 1 is 0.492 bits per heavy atom. The third-order valence-electron chi connectivity index (χ3n) is 11.3. The van der Waals surface area contributed by atoms with E-state index in [-0.39, 0.29) is 0 Å². The lowest BCUT2D eigenvalue weighted by Crippen LogP contribution is -2.03. The van der Waals surface area contributed by atoms with Crippen LogP contribution in [0.15, 0.2) is 215 Å². The van der Waals surface area contributed by atoms with Crippen LogP contribution in [0, 0.1) is 0 Å². The Bertz CT molecular complexity index is 3450. The van der Waals surface area contributed by atoms with Crippen LogP contribution in [-0.4, -0.2) is 27.4 Å². The van der Waals surface area contributed by atoms with E-state index in [1.165, 1.54) is 0 Å². The van der Waals surface area contributed by atoms with Gasteiger partial charge < -0.3 is 4.42 Å². The first-order chi connectivity index (χ1) is 31.2. The first kappa shape index (κ1) is 37.8. The number of aromatic nitrogens is 3. The molecular weight excluding hydrogens is 791 g/mol. The van der Waals surface area contributed by atoms with E-state index in [4.69, 9.17) is 24.4 Å². The zero-order valence-corrected chi connectivity index (χ0v) is 34.8. The second-order valence-electron chi connectivity index (χ2n) is 15.3. The zero-order chi connectivity index (χ0) is 42.1. The van der Waals surface area contributed by atoms with Crippen molar-refractivity contribution in [1.82, 2.24) is 15.0 Å². The molecule has 8 aromatic carbocycles. The topological polar surface area (TPSA) is 76.5 Å². The van der Waals surface area contributed by atoms with Crippen molar-refractivity contribution < 1.29 is 4.42 Å². The summed E-state index contributed by atoms with van der Waals surface area (Å²) in [5.41, 5.74) is 12.6. The summed E-state index contributed by atoms with van der Waals surface area (Å²) in [5, 5.41) is 3.02. The third-order valence-corrected chi connectivity index (χ3v) is 12.5. The normalized spacial score (nSPS) is 11.7. The fourth-order valence-electron chi connectivity index (χ4n) is 8.26. The van der Waals surface area contributed by atoms with Crippen molar-refractivity contribution >= 4 is 61.5 Å². The van der Waals surface area contributed by atoms with E-state index >= 15 is 0 Å². The van der Waals surface area contributed by atoms with Crippen molar-refractivity contribution in [3.8, 4) is 56.4 Å². The molecule has 0 radical (unpaired) electrons. The van der Waals surface area contributed by atoms with Crippen LogP contribution in [0.1, 0.15) is 16.0 Å². The maximum Gasteiger partial charge on any atom is 0.164 e. The average molecular weight is 828 g/mol. The molecule has 0 aliphatic heterocycles. The highest BCUT2D eigenvalue weighted by molar-refractivity contribution is 7.21. The van der Waals surface area contributed by atoms with Crippen LogP contribution in [-0.2, 0) is 6.54 Å². The van der Waals surface area contributed by atoms with Gasteiger partial charge >= 0.3 is 0 Å². The molecule has 3 heterocycles. The van der Waals surface area contributed by atoms with Gasteiger partial charge in [-0.3, -0.25) is 9.98 Å². The lowest BCUT2D eigenvalue weighted by atomic mass is 9.98. The standard InChI is InChI=1S/C56H37N5OS/c1-57-52-44-26-11-12-29-49(44)63-53(52)51(43-25-14-24-41(33-43)37-17-5-2-6-18-37)58-35-36-16-13-23-40(32-36)42-30-31-47-46(34-42)50-45(27-15-28-48(50)62-47)56-60-54(38-19-7-3-8-20-38)59-55(61-56)39-21-9-4-10-22-39/h2-34H,1,35H2. The van der Waals surface area contributed by atoms with Gasteiger partial charge in [0, 0.05) is 43.1 Å². The predicted octanol–water partition coefficient (Wildman–Crippen LogP) is 14.7. The third kappa shape index (κ3) is 7.30. The Hall–Kier alpha value is -8.13. The second kappa shape index (κ2) is 16.4. The van der Waals surface area contributed by atoms with Gasteiger partial charge in [0.15, 0.2) is 17.5 Å². The molecule has 0 amide bonds. The molecule has 0 saturated carbocycles. The van der Waals surface area contributed by atoms with E-state index < -0.39 is 0 Å². The maximum atomic E-state index is 6.49. The summed E-state index contributed by atoms with van der Waals surface area (Å²) in [6.45, 7) is 4.47. The van der Waals surface area contributed by atoms with Crippen molar-refractivity contribution in [3.63, 3.8) is 0 Å². The number of benzene rings is 8. The Morgan fingerprint density at radius 3 is 1.83 bits per heavy atom. The molecule has 0 aliphatic rings. The van der Waals surface area contributed by atoms with Gasteiger partial charge in [0.1, 0.15) is 11.2 Å². The number of fused-ring (bicyclic) bond motifs is 4. The molecule has 0 aliphatic carbocycles. The number of hydrogen-bond donors (Lipinski definition) is 0. The molecule has 7 heteroatoms. The summed E-state index contributed by atoms with van der Waals surface area (Å²) in [7, 11) is 0. The van der Waals surface area contributed by atoms with Gasteiger partial charge in [-0.2, -0.15) is 0 Å². The molecule has 0 unspecified atom stereocenters. The van der Waals surface area contributed by atoms with E-state index in [2.05, 4.69) is 127 Å². The number of rotatable bonds is 10. The van der Waals surface area contributed by atoms with Crippen LogP contribution >= 0.6 is 11.3 Å². The van der Waals surface area contributed by atoms with Crippen LogP contribution in [0.25, 0.3) is 88.4 Å². The van der Waals surface area contributed by atoms with Gasteiger partial charge in [-0.15, -0.1) is 11.3 Å². The van der Waals surface area contributed by atoms with E-state index in [0.717, 1.165) is 98.4 Å². The molecule has 63 heavy (non-hydrogen) atoms. The molecule has 0 spiro atoms. The Morgan fingerprint density at radius 2 is 1.10 bits per heavy atom. The summed E-state index contributed by atoms with van der Waals surface area (Å²) in [4.78, 5) is 26.0. The smallest absolute Gasteiger partial charge is 0.164 e. The highest BCUT2D eigenvalue weighted by atomic mass is 32.1. The minimum Gasteiger partial charge on any atom is -0.456 e. The highest BCUT2D eigenvalue weighted by Crippen LogP contribution is 2.41. The Balaban J connectivity index is 0.996. The molecule has 0 saturated heterocycles. The first-order valence-corrected chi connectivity index (χ1v) is 21.6. The van der Waals surface area contributed by atoms with Gasteiger partial charge in [-0.25, -0.2) is 15.0 Å². The average Bonchev–Trinajstić information content (AvgIpc) is 3.93. The number of thiophene rings is 1. The van der Waals surface area contributed by atoms with Crippen molar-refractivity contribution in [2.24, 2.45) is 9.98 Å². The maximum absolute atomic E-state index is 6.49.